The van der Waals surface area contributed by atoms with E-state index in [1.165, 1.54) is 0 Å². The molecule has 0 atom stereocenters. The average molecular weight is 229 g/mol. The minimum Gasteiger partial charge on any atom is -0.388 e. The maximum atomic E-state index is 10.3. The van der Waals surface area contributed by atoms with Crippen molar-refractivity contribution in [2.45, 2.75) is 44.8 Å². The highest BCUT2D eigenvalue weighted by atomic mass is 35.5. The van der Waals surface area contributed by atoms with E-state index in [2.05, 4.69) is 12.0 Å². The van der Waals surface area contributed by atoms with E-state index >= 15 is 0 Å². The van der Waals surface area contributed by atoms with Crippen LogP contribution in [-0.2, 0) is 6.54 Å². The fourth-order valence-corrected chi connectivity index (χ4v) is 2.34. The number of hydrogen-bond acceptors (Lipinski definition) is 2. The Balaban J connectivity index is 1.99. The van der Waals surface area contributed by atoms with Crippen molar-refractivity contribution in [3.63, 3.8) is 0 Å². The molecule has 1 heterocycles. The normalized spacial score (nSPS) is 31.8. The number of halogens is 1. The molecular formula is C11H17ClN2O. The van der Waals surface area contributed by atoms with E-state index in [0.29, 0.717) is 11.6 Å². The van der Waals surface area contributed by atoms with Crippen molar-refractivity contribution < 1.29 is 5.11 Å². The van der Waals surface area contributed by atoms with E-state index < -0.39 is 5.60 Å². The van der Waals surface area contributed by atoms with Crippen molar-refractivity contribution in [2.24, 2.45) is 5.92 Å². The van der Waals surface area contributed by atoms with Crippen molar-refractivity contribution in [3.8, 4) is 0 Å². The molecule has 15 heavy (non-hydrogen) atoms. The standard InChI is InChI=1S/C11H17ClN2O/c1-9-2-4-11(15,5-3-9)8-14-7-10(12)6-13-14/h6-7,9,15H,2-5,8H2,1H3. The van der Waals surface area contributed by atoms with Crippen LogP contribution in [0.25, 0.3) is 0 Å². The van der Waals surface area contributed by atoms with Crippen LogP contribution in [0.1, 0.15) is 32.6 Å². The summed E-state index contributed by atoms with van der Waals surface area (Å²) in [6.07, 6.45) is 7.31. The number of aliphatic hydroxyl groups is 1. The largest absolute Gasteiger partial charge is 0.388 e. The predicted molar refractivity (Wildman–Crippen MR) is 59.8 cm³/mol. The van der Waals surface area contributed by atoms with E-state index in [1.807, 2.05) is 0 Å². The van der Waals surface area contributed by atoms with E-state index in [1.54, 1.807) is 17.1 Å². The minimum absolute atomic E-state index is 0.562. The molecule has 0 spiro atoms. The summed E-state index contributed by atoms with van der Waals surface area (Å²) in [4.78, 5) is 0. The quantitative estimate of drug-likeness (QED) is 0.845. The molecular weight excluding hydrogens is 212 g/mol. The van der Waals surface area contributed by atoms with Gasteiger partial charge in [0.15, 0.2) is 0 Å². The van der Waals surface area contributed by atoms with Crippen LogP contribution in [0, 0.1) is 5.92 Å². The van der Waals surface area contributed by atoms with E-state index in [-0.39, 0.29) is 0 Å². The zero-order chi connectivity index (χ0) is 10.9. The SMILES string of the molecule is CC1CCC(O)(Cn2cc(Cl)cn2)CC1. The van der Waals surface area contributed by atoms with Gasteiger partial charge in [-0.05, 0) is 31.6 Å². The van der Waals surface area contributed by atoms with Gasteiger partial charge in [0.25, 0.3) is 0 Å². The summed E-state index contributed by atoms with van der Waals surface area (Å²) in [7, 11) is 0. The molecule has 3 nitrogen and oxygen atoms in total. The molecule has 1 N–H and O–H groups in total. The predicted octanol–water partition coefficient (Wildman–Crippen LogP) is 2.48. The van der Waals surface area contributed by atoms with Crippen molar-refractivity contribution in [1.29, 1.82) is 0 Å². The highest BCUT2D eigenvalue weighted by Gasteiger charge is 2.32. The molecule has 0 unspecified atom stereocenters. The van der Waals surface area contributed by atoms with Gasteiger partial charge in [-0.1, -0.05) is 18.5 Å². The Bertz CT molecular complexity index is 329. The molecule has 0 bridgehead atoms. The molecule has 4 heteroatoms. The summed E-state index contributed by atoms with van der Waals surface area (Å²) in [5.74, 6) is 0.742. The molecule has 1 aliphatic rings. The Morgan fingerprint density at radius 1 is 1.60 bits per heavy atom. The first-order chi connectivity index (χ1) is 7.07. The van der Waals surface area contributed by atoms with E-state index in [4.69, 9.17) is 11.6 Å². The van der Waals surface area contributed by atoms with E-state index in [9.17, 15) is 5.11 Å². The lowest BCUT2D eigenvalue weighted by Gasteiger charge is -2.34. The molecule has 84 valence electrons. The zero-order valence-corrected chi connectivity index (χ0v) is 9.74. The summed E-state index contributed by atoms with van der Waals surface area (Å²) in [5, 5.41) is 15.1. The zero-order valence-electron chi connectivity index (χ0n) is 8.99. The summed E-state index contributed by atoms with van der Waals surface area (Å²) in [6, 6.07) is 0. The van der Waals surface area contributed by atoms with Crippen molar-refractivity contribution in [1.82, 2.24) is 9.78 Å². The topological polar surface area (TPSA) is 38.0 Å². The van der Waals surface area contributed by atoms with Gasteiger partial charge in [-0.3, -0.25) is 4.68 Å². The molecule has 0 aliphatic heterocycles. The summed E-state index contributed by atoms with van der Waals surface area (Å²) >= 11 is 5.78. The van der Waals surface area contributed by atoms with Gasteiger partial charge < -0.3 is 5.11 Å². The number of hydrogen-bond donors (Lipinski definition) is 1. The van der Waals surface area contributed by atoms with Crippen LogP contribution in [-0.4, -0.2) is 20.5 Å². The Kier molecular flexibility index (Phi) is 3.03. The molecule has 1 aliphatic carbocycles. The van der Waals surface area contributed by atoms with Gasteiger partial charge in [0.05, 0.1) is 23.4 Å². The molecule has 0 amide bonds. The van der Waals surface area contributed by atoms with Crippen molar-refractivity contribution in [3.05, 3.63) is 17.4 Å². The number of aromatic nitrogens is 2. The molecule has 0 radical (unpaired) electrons. The van der Waals surface area contributed by atoms with Crippen LogP contribution in [0.2, 0.25) is 5.02 Å². The first kappa shape index (κ1) is 11.0. The molecule has 1 fully saturated rings. The Morgan fingerprint density at radius 3 is 2.80 bits per heavy atom. The lowest BCUT2D eigenvalue weighted by molar-refractivity contribution is -0.0243. The first-order valence-electron chi connectivity index (χ1n) is 5.48. The van der Waals surface area contributed by atoms with Crippen molar-refractivity contribution >= 4 is 11.6 Å². The smallest absolute Gasteiger partial charge is 0.0843 e. The Labute approximate surface area is 95.0 Å². The maximum Gasteiger partial charge on any atom is 0.0843 e. The number of nitrogens with zero attached hydrogens (tertiary/aromatic N) is 2. The Morgan fingerprint density at radius 2 is 2.27 bits per heavy atom. The minimum atomic E-state index is -0.581. The highest BCUT2D eigenvalue weighted by molar-refractivity contribution is 6.30. The van der Waals surface area contributed by atoms with Crippen LogP contribution in [0.5, 0.6) is 0 Å². The van der Waals surface area contributed by atoms with E-state index in [0.717, 1.165) is 31.6 Å². The van der Waals surface area contributed by atoms with Crippen LogP contribution >= 0.6 is 11.6 Å². The Hall–Kier alpha value is -0.540. The van der Waals surface area contributed by atoms with Gasteiger partial charge >= 0.3 is 0 Å². The third kappa shape index (κ3) is 2.73. The van der Waals surface area contributed by atoms with Crippen LogP contribution in [0.3, 0.4) is 0 Å². The highest BCUT2D eigenvalue weighted by Crippen LogP contribution is 2.32. The summed E-state index contributed by atoms with van der Waals surface area (Å²) < 4.78 is 1.73. The van der Waals surface area contributed by atoms with Gasteiger partial charge in [0.2, 0.25) is 0 Å². The molecule has 1 aromatic heterocycles. The molecule has 2 rings (SSSR count). The molecule has 0 saturated heterocycles. The first-order valence-corrected chi connectivity index (χ1v) is 5.86. The molecule has 0 aromatic carbocycles. The average Bonchev–Trinajstić information content (AvgIpc) is 2.57. The lowest BCUT2D eigenvalue weighted by atomic mass is 9.79. The second-order valence-corrected chi connectivity index (χ2v) is 5.20. The molecule has 1 saturated carbocycles. The fourth-order valence-electron chi connectivity index (χ4n) is 2.18. The fraction of sp³-hybridized carbons (Fsp3) is 0.727. The lowest BCUT2D eigenvalue weighted by Crippen LogP contribution is -2.38. The second kappa shape index (κ2) is 4.14. The van der Waals surface area contributed by atoms with Crippen LogP contribution in [0.4, 0.5) is 0 Å². The maximum absolute atomic E-state index is 10.3. The summed E-state index contributed by atoms with van der Waals surface area (Å²) in [5.41, 5.74) is -0.581. The van der Waals surface area contributed by atoms with Crippen LogP contribution < -0.4 is 0 Å². The summed E-state index contributed by atoms with van der Waals surface area (Å²) in [6.45, 7) is 2.80. The van der Waals surface area contributed by atoms with Gasteiger partial charge in [0.1, 0.15) is 0 Å². The monoisotopic (exact) mass is 228 g/mol. The van der Waals surface area contributed by atoms with Gasteiger partial charge in [0, 0.05) is 6.20 Å². The third-order valence-electron chi connectivity index (χ3n) is 3.26. The van der Waals surface area contributed by atoms with Gasteiger partial charge in [-0.2, -0.15) is 5.10 Å². The van der Waals surface area contributed by atoms with Crippen molar-refractivity contribution in [2.75, 3.05) is 0 Å². The third-order valence-corrected chi connectivity index (χ3v) is 3.46. The van der Waals surface area contributed by atoms with Gasteiger partial charge in [-0.25, -0.2) is 0 Å². The molecule has 1 aromatic rings. The van der Waals surface area contributed by atoms with Crippen LogP contribution in [0.15, 0.2) is 12.4 Å². The van der Waals surface area contributed by atoms with Gasteiger partial charge in [-0.15, -0.1) is 0 Å². The number of rotatable bonds is 2. The second-order valence-electron chi connectivity index (χ2n) is 4.76.